The SMILES string of the molecule is CC1=Nc2nnnn2C(=O)C1C. The second-order valence-electron chi connectivity index (χ2n) is 2.70. The van der Waals surface area contributed by atoms with Crippen molar-refractivity contribution in [1.29, 1.82) is 0 Å². The van der Waals surface area contributed by atoms with Crippen LogP contribution in [0.3, 0.4) is 0 Å². The van der Waals surface area contributed by atoms with Crippen molar-refractivity contribution in [3.8, 4) is 0 Å². The number of carbonyl (C=O) groups is 1. The van der Waals surface area contributed by atoms with Gasteiger partial charge in [0.15, 0.2) is 0 Å². The monoisotopic (exact) mass is 165 g/mol. The Kier molecular flexibility index (Phi) is 1.30. The van der Waals surface area contributed by atoms with E-state index < -0.39 is 0 Å². The molecule has 0 amide bonds. The molecule has 0 fully saturated rings. The van der Waals surface area contributed by atoms with E-state index in [0.29, 0.717) is 0 Å². The molecule has 6 heteroatoms. The number of hydrogen-bond acceptors (Lipinski definition) is 5. The zero-order valence-corrected chi connectivity index (χ0v) is 6.72. The van der Waals surface area contributed by atoms with Crippen LogP contribution in [0, 0.1) is 5.92 Å². The van der Waals surface area contributed by atoms with Crippen LogP contribution in [-0.2, 0) is 0 Å². The summed E-state index contributed by atoms with van der Waals surface area (Å²) in [7, 11) is 0. The van der Waals surface area contributed by atoms with Crippen LogP contribution in [-0.4, -0.2) is 31.8 Å². The van der Waals surface area contributed by atoms with E-state index >= 15 is 0 Å². The topological polar surface area (TPSA) is 73.0 Å². The summed E-state index contributed by atoms with van der Waals surface area (Å²) in [6.45, 7) is 3.58. The number of hydrogen-bond donors (Lipinski definition) is 0. The molecular weight excluding hydrogens is 158 g/mol. The predicted octanol–water partition coefficient (Wildman–Crippen LogP) is 0.0554. The predicted molar refractivity (Wildman–Crippen MR) is 40.4 cm³/mol. The second kappa shape index (κ2) is 2.20. The third kappa shape index (κ3) is 0.775. The van der Waals surface area contributed by atoms with Crippen LogP contribution in [0.1, 0.15) is 18.6 Å². The van der Waals surface area contributed by atoms with Gasteiger partial charge in [0.1, 0.15) is 0 Å². The van der Waals surface area contributed by atoms with Crippen LogP contribution in [0.5, 0.6) is 0 Å². The third-order valence-corrected chi connectivity index (χ3v) is 1.94. The Morgan fingerprint density at radius 2 is 2.25 bits per heavy atom. The number of aromatic nitrogens is 4. The number of nitrogens with zero attached hydrogens (tertiary/aromatic N) is 5. The molecule has 0 saturated heterocycles. The molecule has 1 aromatic rings. The van der Waals surface area contributed by atoms with Gasteiger partial charge in [-0.15, -0.1) is 4.68 Å². The summed E-state index contributed by atoms with van der Waals surface area (Å²) in [5.74, 6) is -0.0703. The minimum Gasteiger partial charge on any atom is -0.272 e. The summed E-state index contributed by atoms with van der Waals surface area (Å²) in [4.78, 5) is 15.5. The normalized spacial score (nSPS) is 22.0. The van der Waals surface area contributed by atoms with Gasteiger partial charge in [-0.1, -0.05) is 5.10 Å². The zero-order chi connectivity index (χ0) is 8.72. The van der Waals surface area contributed by atoms with Crippen LogP contribution in [0.2, 0.25) is 0 Å². The van der Waals surface area contributed by atoms with E-state index in [-0.39, 0.29) is 17.8 Å². The number of aliphatic imine (C=N–C) groups is 1. The van der Waals surface area contributed by atoms with E-state index in [0.717, 1.165) is 10.4 Å². The Balaban J connectivity index is 2.60. The smallest absolute Gasteiger partial charge is 0.272 e. The fraction of sp³-hybridized carbons (Fsp3) is 0.500. The molecule has 2 heterocycles. The lowest BCUT2D eigenvalue weighted by atomic mass is 10.1. The number of rotatable bonds is 0. The number of fused-ring (bicyclic) bond motifs is 1. The van der Waals surface area contributed by atoms with Crippen molar-refractivity contribution in [2.75, 3.05) is 0 Å². The third-order valence-electron chi connectivity index (χ3n) is 1.94. The van der Waals surface area contributed by atoms with Gasteiger partial charge in [0.05, 0.1) is 5.92 Å². The number of tetrazole rings is 1. The van der Waals surface area contributed by atoms with Crippen LogP contribution >= 0.6 is 0 Å². The Morgan fingerprint density at radius 1 is 1.50 bits per heavy atom. The standard InChI is InChI=1S/C6H7N5O/c1-3-4(2)7-6-8-9-10-11(6)5(3)12/h3H,1-2H3. The van der Waals surface area contributed by atoms with E-state index in [4.69, 9.17) is 0 Å². The first kappa shape index (κ1) is 7.08. The van der Waals surface area contributed by atoms with Crippen molar-refractivity contribution in [3.63, 3.8) is 0 Å². The van der Waals surface area contributed by atoms with E-state index in [1.54, 1.807) is 13.8 Å². The molecule has 6 nitrogen and oxygen atoms in total. The van der Waals surface area contributed by atoms with Crippen molar-refractivity contribution in [1.82, 2.24) is 20.2 Å². The fourth-order valence-corrected chi connectivity index (χ4v) is 1.01. The highest BCUT2D eigenvalue weighted by Gasteiger charge is 2.26. The minimum atomic E-state index is -0.221. The van der Waals surface area contributed by atoms with Gasteiger partial charge in [0, 0.05) is 5.71 Å². The molecule has 0 spiro atoms. The maximum Gasteiger partial charge on any atom is 0.276 e. The average Bonchev–Trinajstić information content (AvgIpc) is 2.48. The summed E-state index contributed by atoms with van der Waals surface area (Å²) < 4.78 is 1.12. The molecule has 1 atom stereocenters. The summed E-state index contributed by atoms with van der Waals surface area (Å²) in [6.07, 6.45) is 0. The van der Waals surface area contributed by atoms with Gasteiger partial charge < -0.3 is 0 Å². The van der Waals surface area contributed by atoms with Crippen molar-refractivity contribution >= 4 is 17.6 Å². The van der Waals surface area contributed by atoms with Gasteiger partial charge in [-0.05, 0) is 24.3 Å². The maximum absolute atomic E-state index is 11.4. The lowest BCUT2D eigenvalue weighted by Crippen LogP contribution is -2.29. The average molecular weight is 165 g/mol. The van der Waals surface area contributed by atoms with Crippen LogP contribution in [0.4, 0.5) is 5.95 Å². The molecule has 0 saturated carbocycles. The van der Waals surface area contributed by atoms with Gasteiger partial charge in [-0.2, -0.15) is 0 Å². The first-order valence-electron chi connectivity index (χ1n) is 3.58. The lowest BCUT2D eigenvalue weighted by molar-refractivity contribution is 0.0859. The Bertz CT molecular complexity index is 366. The highest BCUT2D eigenvalue weighted by Crippen LogP contribution is 2.17. The molecule has 1 aliphatic rings. The Labute approximate surface area is 68.3 Å². The molecule has 0 N–H and O–H groups in total. The van der Waals surface area contributed by atoms with Crippen LogP contribution in [0.15, 0.2) is 4.99 Å². The summed E-state index contributed by atoms with van der Waals surface area (Å²) >= 11 is 0. The van der Waals surface area contributed by atoms with Gasteiger partial charge in [0.25, 0.3) is 11.9 Å². The second-order valence-corrected chi connectivity index (χ2v) is 2.70. The molecule has 0 radical (unpaired) electrons. The Morgan fingerprint density at radius 3 is 3.00 bits per heavy atom. The summed E-state index contributed by atoms with van der Waals surface area (Å²) in [5, 5.41) is 10.5. The van der Waals surface area contributed by atoms with E-state index in [1.165, 1.54) is 0 Å². The maximum atomic E-state index is 11.4. The lowest BCUT2D eigenvalue weighted by Gasteiger charge is -2.13. The molecule has 0 aliphatic carbocycles. The molecule has 2 rings (SSSR count). The zero-order valence-electron chi connectivity index (χ0n) is 6.72. The van der Waals surface area contributed by atoms with Crippen LogP contribution < -0.4 is 0 Å². The largest absolute Gasteiger partial charge is 0.276 e. The first-order chi connectivity index (χ1) is 5.70. The van der Waals surface area contributed by atoms with Gasteiger partial charge in [-0.3, -0.25) is 4.79 Å². The van der Waals surface area contributed by atoms with Gasteiger partial charge >= 0.3 is 0 Å². The summed E-state index contributed by atoms with van der Waals surface area (Å²) in [5.41, 5.74) is 0.752. The van der Waals surface area contributed by atoms with Crippen molar-refractivity contribution < 1.29 is 4.79 Å². The molecule has 12 heavy (non-hydrogen) atoms. The molecular formula is C6H7N5O. The highest BCUT2D eigenvalue weighted by atomic mass is 16.2. The van der Waals surface area contributed by atoms with E-state index in [2.05, 4.69) is 20.5 Å². The first-order valence-corrected chi connectivity index (χ1v) is 3.58. The van der Waals surface area contributed by atoms with E-state index in [9.17, 15) is 4.79 Å². The molecule has 1 unspecified atom stereocenters. The fourth-order valence-electron chi connectivity index (χ4n) is 1.01. The molecule has 1 aromatic heterocycles. The molecule has 1 aliphatic heterocycles. The van der Waals surface area contributed by atoms with Crippen molar-refractivity contribution in [3.05, 3.63) is 0 Å². The highest BCUT2D eigenvalue weighted by molar-refractivity contribution is 6.06. The quantitative estimate of drug-likeness (QED) is 0.509. The van der Waals surface area contributed by atoms with Crippen molar-refractivity contribution in [2.45, 2.75) is 13.8 Å². The van der Waals surface area contributed by atoms with Gasteiger partial charge in [-0.25, -0.2) is 4.99 Å². The van der Waals surface area contributed by atoms with Crippen LogP contribution in [0.25, 0.3) is 0 Å². The number of carbonyl (C=O) groups excluding carboxylic acids is 1. The van der Waals surface area contributed by atoms with E-state index in [1.807, 2.05) is 0 Å². The Hall–Kier alpha value is -1.59. The molecule has 0 bridgehead atoms. The van der Waals surface area contributed by atoms with Crippen molar-refractivity contribution in [2.24, 2.45) is 10.9 Å². The minimum absolute atomic E-state index is 0.123. The molecule has 0 aromatic carbocycles. The summed E-state index contributed by atoms with van der Waals surface area (Å²) in [6, 6.07) is 0. The molecule has 62 valence electrons. The van der Waals surface area contributed by atoms with Gasteiger partial charge in [0.2, 0.25) is 0 Å².